The molecule has 10 heteroatoms. The van der Waals surface area contributed by atoms with Crippen molar-refractivity contribution in [3.05, 3.63) is 58.9 Å². The van der Waals surface area contributed by atoms with E-state index in [2.05, 4.69) is 15.5 Å². The molecule has 1 aliphatic rings. The van der Waals surface area contributed by atoms with E-state index in [0.29, 0.717) is 42.5 Å². The summed E-state index contributed by atoms with van der Waals surface area (Å²) in [6.07, 6.45) is 0. The summed E-state index contributed by atoms with van der Waals surface area (Å²) in [5, 5.41) is 6.10. The number of nitrogens with one attached hydrogen (secondary N) is 2. The molecule has 194 valence electrons. The smallest absolute Gasteiger partial charge is 0.317 e. The first-order valence-corrected chi connectivity index (χ1v) is 12.4. The number of piperazine rings is 1. The number of hydrogen-bond acceptors (Lipinski definition) is 4. The fourth-order valence-corrected chi connectivity index (χ4v) is 4.07. The van der Waals surface area contributed by atoms with Crippen molar-refractivity contribution in [1.29, 1.82) is 0 Å². The minimum atomic E-state index is -0.435. The Morgan fingerprint density at radius 3 is 2.22 bits per heavy atom. The first-order chi connectivity index (χ1) is 17.0. The summed E-state index contributed by atoms with van der Waals surface area (Å²) in [4.78, 5) is 43.4. The zero-order valence-electron chi connectivity index (χ0n) is 21.1. The van der Waals surface area contributed by atoms with Crippen molar-refractivity contribution in [2.75, 3.05) is 42.9 Å². The molecule has 8 nitrogen and oxygen atoms in total. The Labute approximate surface area is 216 Å². The minimum Gasteiger partial charge on any atom is -0.368 e. The number of amides is 4. The van der Waals surface area contributed by atoms with Crippen molar-refractivity contribution in [1.82, 2.24) is 15.1 Å². The van der Waals surface area contributed by atoms with Crippen LogP contribution in [0.5, 0.6) is 0 Å². The van der Waals surface area contributed by atoms with Gasteiger partial charge in [0.1, 0.15) is 12.4 Å². The van der Waals surface area contributed by atoms with Gasteiger partial charge in [0.2, 0.25) is 5.91 Å². The maximum Gasteiger partial charge on any atom is 0.317 e. The summed E-state index contributed by atoms with van der Waals surface area (Å²) >= 11 is 6.35. The minimum absolute atomic E-state index is 0.0707. The second-order valence-corrected chi connectivity index (χ2v) is 9.73. The van der Waals surface area contributed by atoms with Gasteiger partial charge in [0, 0.05) is 49.5 Å². The van der Waals surface area contributed by atoms with Crippen LogP contribution in [-0.2, 0) is 4.79 Å². The van der Waals surface area contributed by atoms with Gasteiger partial charge in [0.05, 0.1) is 10.7 Å². The highest BCUT2D eigenvalue weighted by molar-refractivity contribution is 6.33. The van der Waals surface area contributed by atoms with Crippen LogP contribution in [0.15, 0.2) is 42.5 Å². The molecule has 3 rings (SSSR count). The lowest BCUT2D eigenvalue weighted by atomic mass is 10.1. The second kappa shape index (κ2) is 12.1. The average molecular weight is 518 g/mol. The van der Waals surface area contributed by atoms with E-state index in [4.69, 9.17) is 11.6 Å². The summed E-state index contributed by atoms with van der Waals surface area (Å²) in [6, 6.07) is 10.4. The van der Waals surface area contributed by atoms with Gasteiger partial charge in [-0.2, -0.15) is 0 Å². The van der Waals surface area contributed by atoms with Gasteiger partial charge in [0.15, 0.2) is 0 Å². The molecule has 0 atom stereocenters. The number of hydrogen-bond donors (Lipinski definition) is 2. The average Bonchev–Trinajstić information content (AvgIpc) is 2.83. The number of urea groups is 1. The van der Waals surface area contributed by atoms with E-state index >= 15 is 0 Å². The van der Waals surface area contributed by atoms with Crippen LogP contribution in [0.4, 0.5) is 20.6 Å². The number of anilines is 2. The lowest BCUT2D eigenvalue weighted by Gasteiger charge is -2.36. The SMILES string of the molecule is CC(C)NC(=O)N1CCN(c2ccc(Cl)c(NC(=O)CN(C(=O)c3ccc(F)cc3)C(C)C)c2)CC1. The fraction of sp³-hybridized carbons (Fsp3) is 0.423. The summed E-state index contributed by atoms with van der Waals surface area (Å²) in [6.45, 7) is 9.75. The van der Waals surface area contributed by atoms with Crippen molar-refractivity contribution in [2.24, 2.45) is 0 Å². The molecule has 0 unspecified atom stereocenters. The Hall–Kier alpha value is -3.33. The zero-order valence-corrected chi connectivity index (χ0v) is 21.8. The molecule has 4 amide bonds. The molecule has 1 heterocycles. The Balaban J connectivity index is 1.64. The van der Waals surface area contributed by atoms with E-state index in [-0.39, 0.29) is 30.6 Å². The van der Waals surface area contributed by atoms with Gasteiger partial charge >= 0.3 is 6.03 Å². The van der Waals surface area contributed by atoms with Gasteiger partial charge in [-0.3, -0.25) is 9.59 Å². The van der Waals surface area contributed by atoms with Crippen molar-refractivity contribution < 1.29 is 18.8 Å². The van der Waals surface area contributed by atoms with Gasteiger partial charge < -0.3 is 25.3 Å². The molecule has 0 aromatic heterocycles. The van der Waals surface area contributed by atoms with E-state index in [9.17, 15) is 18.8 Å². The molecule has 0 spiro atoms. The molecule has 1 aliphatic heterocycles. The fourth-order valence-electron chi connectivity index (χ4n) is 3.90. The number of benzene rings is 2. The predicted octanol–water partition coefficient (Wildman–Crippen LogP) is 4.21. The lowest BCUT2D eigenvalue weighted by Crippen LogP contribution is -2.52. The van der Waals surface area contributed by atoms with Gasteiger partial charge in [-0.1, -0.05) is 11.6 Å². The number of carbonyl (C=O) groups is 3. The number of rotatable bonds is 7. The third-order valence-corrected chi connectivity index (χ3v) is 6.19. The molecule has 1 saturated heterocycles. The molecule has 2 N–H and O–H groups in total. The highest BCUT2D eigenvalue weighted by Gasteiger charge is 2.24. The molecular weight excluding hydrogens is 485 g/mol. The Bertz CT molecular complexity index is 1090. The Kier molecular flexibility index (Phi) is 9.14. The summed E-state index contributed by atoms with van der Waals surface area (Å²) < 4.78 is 13.2. The molecule has 0 bridgehead atoms. The normalized spacial score (nSPS) is 13.7. The van der Waals surface area contributed by atoms with Gasteiger partial charge in [-0.05, 0) is 70.2 Å². The van der Waals surface area contributed by atoms with Gasteiger partial charge in [-0.15, -0.1) is 0 Å². The highest BCUT2D eigenvalue weighted by atomic mass is 35.5. The molecule has 36 heavy (non-hydrogen) atoms. The highest BCUT2D eigenvalue weighted by Crippen LogP contribution is 2.28. The molecule has 0 saturated carbocycles. The molecule has 2 aromatic carbocycles. The lowest BCUT2D eigenvalue weighted by molar-refractivity contribution is -0.117. The second-order valence-electron chi connectivity index (χ2n) is 9.32. The number of halogens is 2. The number of carbonyl (C=O) groups excluding carboxylic acids is 3. The largest absolute Gasteiger partial charge is 0.368 e. The van der Waals surface area contributed by atoms with E-state index < -0.39 is 11.7 Å². The molecule has 0 aliphatic carbocycles. The zero-order chi connectivity index (χ0) is 26.4. The Morgan fingerprint density at radius 1 is 1.00 bits per heavy atom. The van der Waals surface area contributed by atoms with Crippen LogP contribution in [0.25, 0.3) is 0 Å². The van der Waals surface area contributed by atoms with Crippen LogP contribution in [0.2, 0.25) is 5.02 Å². The summed E-state index contributed by atoms with van der Waals surface area (Å²) in [5.41, 5.74) is 1.62. The number of nitrogens with zero attached hydrogens (tertiary/aromatic N) is 3. The van der Waals surface area contributed by atoms with Gasteiger partial charge in [-0.25, -0.2) is 9.18 Å². The van der Waals surface area contributed by atoms with E-state index in [1.54, 1.807) is 17.0 Å². The Morgan fingerprint density at radius 2 is 1.64 bits per heavy atom. The van der Waals surface area contributed by atoms with Crippen LogP contribution < -0.4 is 15.5 Å². The molecule has 0 radical (unpaired) electrons. The van der Waals surface area contributed by atoms with Crippen LogP contribution in [-0.4, -0.2) is 72.5 Å². The molecule has 2 aromatic rings. The quantitative estimate of drug-likeness (QED) is 0.576. The van der Waals surface area contributed by atoms with E-state index in [1.807, 2.05) is 33.8 Å². The van der Waals surface area contributed by atoms with Crippen LogP contribution in [0, 0.1) is 5.82 Å². The van der Waals surface area contributed by atoms with Crippen LogP contribution in [0.1, 0.15) is 38.1 Å². The van der Waals surface area contributed by atoms with Crippen molar-refractivity contribution in [3.8, 4) is 0 Å². The summed E-state index contributed by atoms with van der Waals surface area (Å²) in [5.74, 6) is -1.19. The van der Waals surface area contributed by atoms with Crippen molar-refractivity contribution in [2.45, 2.75) is 39.8 Å². The van der Waals surface area contributed by atoms with Crippen LogP contribution >= 0.6 is 11.6 Å². The monoisotopic (exact) mass is 517 g/mol. The molecular formula is C26H33ClFN5O3. The third-order valence-electron chi connectivity index (χ3n) is 5.86. The van der Waals surface area contributed by atoms with Crippen molar-refractivity contribution in [3.63, 3.8) is 0 Å². The summed E-state index contributed by atoms with van der Waals surface area (Å²) in [7, 11) is 0. The predicted molar refractivity (Wildman–Crippen MR) is 140 cm³/mol. The van der Waals surface area contributed by atoms with Gasteiger partial charge in [0.25, 0.3) is 5.91 Å². The first kappa shape index (κ1) is 27.3. The first-order valence-electron chi connectivity index (χ1n) is 12.0. The maximum absolute atomic E-state index is 13.2. The maximum atomic E-state index is 13.2. The van der Waals surface area contributed by atoms with E-state index in [1.165, 1.54) is 29.2 Å². The third kappa shape index (κ3) is 7.10. The van der Waals surface area contributed by atoms with Crippen LogP contribution in [0.3, 0.4) is 0 Å². The van der Waals surface area contributed by atoms with E-state index in [0.717, 1.165) is 5.69 Å². The topological polar surface area (TPSA) is 85.0 Å². The standard InChI is InChI=1S/C26H33ClFN5O3/c1-17(2)29-26(36)32-13-11-31(12-14-32)21-9-10-22(27)23(15-21)30-24(34)16-33(18(3)4)25(35)19-5-7-20(28)8-6-19/h5-10,15,17-18H,11-14,16H2,1-4H3,(H,29,36)(H,30,34). The molecule has 1 fully saturated rings. The van der Waals surface area contributed by atoms with Crippen molar-refractivity contribution >= 4 is 40.8 Å².